The quantitative estimate of drug-likeness (QED) is 0.588. The molecular weight excluding hydrogens is 264 g/mol. The molecule has 0 amide bonds. The van der Waals surface area contributed by atoms with E-state index in [1.807, 2.05) is 0 Å². The Balaban J connectivity index is 2.15. The maximum atomic E-state index is 10.8. The van der Waals surface area contributed by atoms with Gasteiger partial charge in [-0.05, 0) is 30.4 Å². The molecule has 0 unspecified atom stereocenters. The number of benzene rings is 1. The van der Waals surface area contributed by atoms with Gasteiger partial charge in [0.25, 0.3) is 5.69 Å². The number of rotatable bonds is 6. The lowest BCUT2D eigenvalue weighted by Gasteiger charge is -2.24. The predicted molar refractivity (Wildman–Crippen MR) is 76.4 cm³/mol. The minimum atomic E-state index is -0.371. The Morgan fingerprint density at radius 1 is 1.47 bits per heavy atom. The van der Waals surface area contributed by atoms with Gasteiger partial charge in [-0.15, -0.1) is 0 Å². The van der Waals surface area contributed by atoms with E-state index in [-0.39, 0.29) is 10.6 Å². The van der Waals surface area contributed by atoms with Crippen LogP contribution in [-0.2, 0) is 6.54 Å². The molecule has 1 aliphatic carbocycles. The van der Waals surface area contributed by atoms with Crippen LogP contribution in [0.5, 0.6) is 0 Å². The molecule has 0 bridgehead atoms. The van der Waals surface area contributed by atoms with Crippen molar-refractivity contribution in [2.24, 2.45) is 5.92 Å². The molecule has 1 aromatic rings. The summed E-state index contributed by atoms with van der Waals surface area (Å²) in [6.07, 6.45) is 2.44. The number of halogens is 1. The number of nitrogens with zero attached hydrogens (tertiary/aromatic N) is 2. The Hall–Kier alpha value is -1.13. The van der Waals surface area contributed by atoms with E-state index in [0.29, 0.717) is 23.5 Å². The maximum Gasteiger partial charge on any atom is 0.269 e. The van der Waals surface area contributed by atoms with Gasteiger partial charge in [0, 0.05) is 36.3 Å². The van der Waals surface area contributed by atoms with E-state index in [1.165, 1.54) is 18.9 Å². The summed E-state index contributed by atoms with van der Waals surface area (Å²) in [5.74, 6) is 0.582. The highest BCUT2D eigenvalue weighted by atomic mass is 35.5. The molecular formula is C14H19ClN2O2. The molecule has 104 valence electrons. The third-order valence-electron chi connectivity index (χ3n) is 3.28. The SMILES string of the molecule is CC(C)CN(Cc1cc([N+](=O)[O-])ccc1Cl)C1CC1. The van der Waals surface area contributed by atoms with E-state index in [9.17, 15) is 10.1 Å². The number of nitro groups is 1. The van der Waals surface area contributed by atoms with E-state index in [0.717, 1.165) is 12.1 Å². The van der Waals surface area contributed by atoms with E-state index >= 15 is 0 Å². The van der Waals surface area contributed by atoms with Crippen LogP contribution >= 0.6 is 11.6 Å². The molecule has 1 saturated carbocycles. The van der Waals surface area contributed by atoms with Crippen molar-refractivity contribution in [2.75, 3.05) is 6.54 Å². The lowest BCUT2D eigenvalue weighted by atomic mass is 10.1. The molecule has 0 atom stereocenters. The molecule has 4 nitrogen and oxygen atoms in total. The second-order valence-corrected chi connectivity index (χ2v) is 5.99. The highest BCUT2D eigenvalue weighted by molar-refractivity contribution is 6.31. The molecule has 0 radical (unpaired) electrons. The molecule has 0 aromatic heterocycles. The topological polar surface area (TPSA) is 46.4 Å². The van der Waals surface area contributed by atoms with Crippen LogP contribution in [0.4, 0.5) is 5.69 Å². The van der Waals surface area contributed by atoms with Crippen LogP contribution in [0.25, 0.3) is 0 Å². The second kappa shape index (κ2) is 5.88. The summed E-state index contributed by atoms with van der Waals surface area (Å²) in [6.45, 7) is 6.07. The van der Waals surface area contributed by atoms with Gasteiger partial charge < -0.3 is 0 Å². The van der Waals surface area contributed by atoms with Crippen molar-refractivity contribution in [3.63, 3.8) is 0 Å². The van der Waals surface area contributed by atoms with Gasteiger partial charge in [0.05, 0.1) is 4.92 Å². The van der Waals surface area contributed by atoms with Gasteiger partial charge in [-0.3, -0.25) is 15.0 Å². The fraction of sp³-hybridized carbons (Fsp3) is 0.571. The van der Waals surface area contributed by atoms with Gasteiger partial charge in [0.1, 0.15) is 0 Å². The van der Waals surface area contributed by atoms with E-state index < -0.39 is 0 Å². The van der Waals surface area contributed by atoms with Gasteiger partial charge in [0.15, 0.2) is 0 Å². The summed E-state index contributed by atoms with van der Waals surface area (Å²) in [5.41, 5.74) is 0.961. The summed E-state index contributed by atoms with van der Waals surface area (Å²) in [4.78, 5) is 12.8. The second-order valence-electron chi connectivity index (χ2n) is 5.59. The molecule has 0 N–H and O–H groups in total. The number of hydrogen-bond acceptors (Lipinski definition) is 3. The molecule has 1 fully saturated rings. The van der Waals surface area contributed by atoms with Crippen molar-refractivity contribution < 1.29 is 4.92 Å². The Bertz CT molecular complexity index is 473. The smallest absolute Gasteiger partial charge is 0.269 e. The normalized spacial score (nSPS) is 15.2. The molecule has 2 rings (SSSR count). The van der Waals surface area contributed by atoms with Crippen molar-refractivity contribution >= 4 is 17.3 Å². The van der Waals surface area contributed by atoms with Crippen molar-refractivity contribution in [3.8, 4) is 0 Å². The number of hydrogen-bond donors (Lipinski definition) is 0. The molecule has 1 aliphatic rings. The summed E-state index contributed by atoms with van der Waals surface area (Å²) in [5, 5.41) is 11.4. The molecule has 0 spiro atoms. The van der Waals surface area contributed by atoms with Crippen molar-refractivity contribution in [2.45, 2.75) is 39.3 Å². The van der Waals surface area contributed by atoms with Crippen LogP contribution in [0.15, 0.2) is 18.2 Å². The van der Waals surface area contributed by atoms with E-state index in [1.54, 1.807) is 12.1 Å². The number of nitro benzene ring substituents is 1. The van der Waals surface area contributed by atoms with Crippen molar-refractivity contribution in [3.05, 3.63) is 38.9 Å². The zero-order valence-electron chi connectivity index (χ0n) is 11.3. The first-order valence-electron chi connectivity index (χ1n) is 6.64. The van der Waals surface area contributed by atoms with Crippen LogP contribution in [-0.4, -0.2) is 22.4 Å². The third kappa shape index (κ3) is 3.91. The van der Waals surface area contributed by atoms with Crippen LogP contribution in [0.2, 0.25) is 5.02 Å². The summed E-state index contributed by atoms with van der Waals surface area (Å²) in [6, 6.07) is 5.29. The average molecular weight is 283 g/mol. The Morgan fingerprint density at radius 3 is 2.68 bits per heavy atom. The monoisotopic (exact) mass is 282 g/mol. The van der Waals surface area contributed by atoms with Gasteiger partial charge in [0.2, 0.25) is 0 Å². The van der Waals surface area contributed by atoms with Gasteiger partial charge in [-0.1, -0.05) is 25.4 Å². The lowest BCUT2D eigenvalue weighted by Crippen LogP contribution is -2.29. The molecule has 0 aliphatic heterocycles. The minimum Gasteiger partial charge on any atom is -0.296 e. The Labute approximate surface area is 118 Å². The van der Waals surface area contributed by atoms with Crippen LogP contribution in [0, 0.1) is 16.0 Å². The standard InChI is InChI=1S/C14H19ClN2O2/c1-10(2)8-16(12-3-4-12)9-11-7-13(17(18)19)5-6-14(11)15/h5-7,10,12H,3-4,8-9H2,1-2H3. The van der Waals surface area contributed by atoms with Crippen molar-refractivity contribution in [1.82, 2.24) is 4.90 Å². The van der Waals surface area contributed by atoms with Gasteiger partial charge in [-0.25, -0.2) is 0 Å². The zero-order chi connectivity index (χ0) is 14.0. The van der Waals surface area contributed by atoms with Gasteiger partial charge >= 0.3 is 0 Å². The fourth-order valence-electron chi connectivity index (χ4n) is 2.27. The Kier molecular flexibility index (Phi) is 4.42. The van der Waals surface area contributed by atoms with Crippen molar-refractivity contribution in [1.29, 1.82) is 0 Å². The predicted octanol–water partition coefficient (Wildman–Crippen LogP) is 3.87. The van der Waals surface area contributed by atoms with E-state index in [2.05, 4.69) is 18.7 Å². The largest absolute Gasteiger partial charge is 0.296 e. The average Bonchev–Trinajstić information content (AvgIpc) is 3.14. The third-order valence-corrected chi connectivity index (χ3v) is 3.65. The summed E-state index contributed by atoms with van der Waals surface area (Å²) in [7, 11) is 0. The molecule has 5 heteroatoms. The van der Waals surface area contributed by atoms with E-state index in [4.69, 9.17) is 11.6 Å². The Morgan fingerprint density at radius 2 is 2.16 bits per heavy atom. The molecule has 19 heavy (non-hydrogen) atoms. The van der Waals surface area contributed by atoms with Gasteiger partial charge in [-0.2, -0.15) is 0 Å². The number of non-ortho nitro benzene ring substituents is 1. The maximum absolute atomic E-state index is 10.8. The summed E-state index contributed by atoms with van der Waals surface area (Å²) >= 11 is 6.16. The molecule has 0 heterocycles. The highest BCUT2D eigenvalue weighted by Crippen LogP contribution is 2.31. The lowest BCUT2D eigenvalue weighted by molar-refractivity contribution is -0.384. The molecule has 1 aromatic carbocycles. The van der Waals surface area contributed by atoms with Crippen LogP contribution < -0.4 is 0 Å². The highest BCUT2D eigenvalue weighted by Gasteiger charge is 2.29. The molecule has 0 saturated heterocycles. The van der Waals surface area contributed by atoms with Crippen LogP contribution in [0.1, 0.15) is 32.3 Å². The summed E-state index contributed by atoms with van der Waals surface area (Å²) < 4.78 is 0. The first-order valence-corrected chi connectivity index (χ1v) is 7.02. The fourth-order valence-corrected chi connectivity index (χ4v) is 2.44. The first-order chi connectivity index (χ1) is 8.97. The first kappa shape index (κ1) is 14.3. The zero-order valence-corrected chi connectivity index (χ0v) is 12.1. The minimum absolute atomic E-state index is 0.111. The van der Waals surface area contributed by atoms with Crippen LogP contribution in [0.3, 0.4) is 0 Å².